The fourth-order valence-corrected chi connectivity index (χ4v) is 7.67. The summed E-state index contributed by atoms with van der Waals surface area (Å²) in [4.78, 5) is 38.1. The van der Waals surface area contributed by atoms with Gasteiger partial charge in [-0.25, -0.2) is 0 Å². The number of carbonyl (C=O) groups is 3. The van der Waals surface area contributed by atoms with Crippen molar-refractivity contribution >= 4 is 17.9 Å². The molecule has 0 heterocycles. The van der Waals surface area contributed by atoms with Crippen LogP contribution in [0.4, 0.5) is 0 Å². The van der Waals surface area contributed by atoms with E-state index in [1.54, 1.807) is 0 Å². The maximum Gasteiger partial charge on any atom is 0.306 e. The van der Waals surface area contributed by atoms with Crippen LogP contribution in [0.1, 0.15) is 271 Å². The summed E-state index contributed by atoms with van der Waals surface area (Å²) in [6.07, 6.45) is 64.9. The fraction of sp³-hybridized carbons (Fsp3) is 0.776. The van der Waals surface area contributed by atoms with Crippen LogP contribution in [0.25, 0.3) is 0 Å². The monoisotopic (exact) mass is 895 g/mol. The first-order valence-electron chi connectivity index (χ1n) is 27.3. The number of ether oxygens (including phenoxy) is 3. The molecular formula is C58H102O6. The highest BCUT2D eigenvalue weighted by Crippen LogP contribution is 2.15. The average molecular weight is 895 g/mol. The van der Waals surface area contributed by atoms with E-state index in [0.717, 1.165) is 83.5 Å². The Kier molecular flexibility index (Phi) is 50.4. The molecule has 0 saturated heterocycles. The molecule has 0 N–H and O–H groups in total. The summed E-state index contributed by atoms with van der Waals surface area (Å²) in [7, 11) is 0. The highest BCUT2D eigenvalue weighted by Gasteiger charge is 2.19. The van der Waals surface area contributed by atoms with Gasteiger partial charge in [0.2, 0.25) is 0 Å². The third-order valence-electron chi connectivity index (χ3n) is 11.8. The minimum Gasteiger partial charge on any atom is -0.462 e. The third kappa shape index (κ3) is 50.1. The quantitative estimate of drug-likeness (QED) is 0.0199. The van der Waals surface area contributed by atoms with E-state index in [4.69, 9.17) is 14.2 Å². The molecule has 0 amide bonds. The lowest BCUT2D eigenvalue weighted by Gasteiger charge is -2.18. The standard InChI is InChI=1S/C58H102O6/c1-4-7-10-13-16-19-22-25-28-29-31-33-36-39-42-45-48-51-57(60)63-54-55(53-62-56(59)50-47-44-41-38-35-32-27-24-21-18-15-12-9-6-3)64-58(61)52-49-46-43-40-37-34-30-26-23-20-17-14-11-8-5-2/h8,11,14,17,20,23,25,28,32,35,55H,4-7,9-10,12-13,15-16,18-19,21-22,24,26-27,29-31,33-34,36-54H2,1-3H3/b11-8-,17-14-,23-20-,28-25-,35-32-. The first-order chi connectivity index (χ1) is 31.5. The number of allylic oxidation sites excluding steroid dienone is 10. The zero-order valence-electron chi connectivity index (χ0n) is 42.3. The van der Waals surface area contributed by atoms with E-state index >= 15 is 0 Å². The van der Waals surface area contributed by atoms with Crippen LogP contribution in [0.15, 0.2) is 60.8 Å². The van der Waals surface area contributed by atoms with Crippen molar-refractivity contribution in [2.45, 2.75) is 277 Å². The van der Waals surface area contributed by atoms with E-state index in [0.29, 0.717) is 19.3 Å². The van der Waals surface area contributed by atoms with Gasteiger partial charge in [-0.05, 0) is 89.9 Å². The summed E-state index contributed by atoms with van der Waals surface area (Å²) >= 11 is 0. The van der Waals surface area contributed by atoms with Crippen molar-refractivity contribution in [3.63, 3.8) is 0 Å². The van der Waals surface area contributed by atoms with Gasteiger partial charge in [0.25, 0.3) is 0 Å². The summed E-state index contributed by atoms with van der Waals surface area (Å²) in [6, 6.07) is 0. The van der Waals surface area contributed by atoms with E-state index < -0.39 is 6.10 Å². The van der Waals surface area contributed by atoms with Crippen LogP contribution < -0.4 is 0 Å². The predicted molar refractivity (Wildman–Crippen MR) is 275 cm³/mol. The Balaban J connectivity index is 4.40. The average Bonchev–Trinajstić information content (AvgIpc) is 3.29. The van der Waals surface area contributed by atoms with Gasteiger partial charge in [-0.15, -0.1) is 0 Å². The maximum atomic E-state index is 12.8. The normalized spacial score (nSPS) is 12.5. The smallest absolute Gasteiger partial charge is 0.306 e. The van der Waals surface area contributed by atoms with Gasteiger partial charge < -0.3 is 14.2 Å². The fourth-order valence-electron chi connectivity index (χ4n) is 7.67. The molecule has 0 spiro atoms. The van der Waals surface area contributed by atoms with Crippen LogP contribution in [0.5, 0.6) is 0 Å². The molecule has 1 unspecified atom stereocenters. The van der Waals surface area contributed by atoms with Crippen molar-refractivity contribution in [3.05, 3.63) is 60.8 Å². The molecule has 0 saturated carbocycles. The number of esters is 3. The molecule has 370 valence electrons. The second-order valence-electron chi connectivity index (χ2n) is 18.2. The number of carbonyl (C=O) groups excluding carboxylic acids is 3. The minimum atomic E-state index is -0.787. The van der Waals surface area contributed by atoms with E-state index in [9.17, 15) is 14.4 Å². The van der Waals surface area contributed by atoms with E-state index in [1.807, 2.05) is 0 Å². The van der Waals surface area contributed by atoms with Crippen molar-refractivity contribution in [3.8, 4) is 0 Å². The highest BCUT2D eigenvalue weighted by molar-refractivity contribution is 5.71. The van der Waals surface area contributed by atoms with Crippen LogP contribution >= 0.6 is 0 Å². The largest absolute Gasteiger partial charge is 0.462 e. The van der Waals surface area contributed by atoms with Gasteiger partial charge in [-0.3, -0.25) is 14.4 Å². The molecule has 0 aromatic heterocycles. The summed E-state index contributed by atoms with van der Waals surface area (Å²) in [6.45, 7) is 6.49. The van der Waals surface area contributed by atoms with Gasteiger partial charge in [-0.1, -0.05) is 223 Å². The Morgan fingerprint density at radius 1 is 0.328 bits per heavy atom. The van der Waals surface area contributed by atoms with Crippen LogP contribution in [0.2, 0.25) is 0 Å². The van der Waals surface area contributed by atoms with Crippen LogP contribution in [-0.2, 0) is 28.6 Å². The number of rotatable bonds is 49. The molecule has 0 fully saturated rings. The Hall–Kier alpha value is -2.89. The second-order valence-corrected chi connectivity index (χ2v) is 18.2. The zero-order valence-corrected chi connectivity index (χ0v) is 42.3. The Morgan fingerprint density at radius 3 is 1.00 bits per heavy atom. The van der Waals surface area contributed by atoms with Gasteiger partial charge in [-0.2, -0.15) is 0 Å². The SMILES string of the molecule is CC\C=C/C=C\C=C/CCCCCCCCCC(=O)OC(COC(=O)CCCCC/C=C\CCCCCCCCC)COC(=O)CCCCCCCCC/C=C\CCCCCCCC. The molecule has 0 aliphatic heterocycles. The van der Waals surface area contributed by atoms with Gasteiger partial charge >= 0.3 is 17.9 Å². The Bertz CT molecular complexity index is 1170. The first kappa shape index (κ1) is 61.1. The molecule has 64 heavy (non-hydrogen) atoms. The number of hydrogen-bond acceptors (Lipinski definition) is 6. The summed E-state index contributed by atoms with van der Waals surface area (Å²) < 4.78 is 16.8. The van der Waals surface area contributed by atoms with Crippen molar-refractivity contribution in [2.75, 3.05) is 13.2 Å². The van der Waals surface area contributed by atoms with Crippen molar-refractivity contribution in [1.29, 1.82) is 0 Å². The first-order valence-corrected chi connectivity index (χ1v) is 27.3. The topological polar surface area (TPSA) is 78.9 Å². The van der Waals surface area contributed by atoms with Crippen LogP contribution in [0, 0.1) is 0 Å². The Morgan fingerprint density at radius 2 is 0.625 bits per heavy atom. The molecule has 0 radical (unpaired) electrons. The lowest BCUT2D eigenvalue weighted by molar-refractivity contribution is -0.167. The van der Waals surface area contributed by atoms with Crippen molar-refractivity contribution in [1.82, 2.24) is 0 Å². The van der Waals surface area contributed by atoms with E-state index in [1.165, 1.54) is 148 Å². The lowest BCUT2D eigenvalue weighted by Crippen LogP contribution is -2.30. The van der Waals surface area contributed by atoms with E-state index in [-0.39, 0.29) is 31.1 Å². The predicted octanol–water partition coefficient (Wildman–Crippen LogP) is 18.0. The molecule has 0 aromatic carbocycles. The third-order valence-corrected chi connectivity index (χ3v) is 11.8. The van der Waals surface area contributed by atoms with Crippen LogP contribution in [0.3, 0.4) is 0 Å². The molecule has 0 aliphatic carbocycles. The molecule has 0 aromatic rings. The summed E-state index contributed by atoms with van der Waals surface area (Å²) in [5, 5.41) is 0. The van der Waals surface area contributed by atoms with Crippen LogP contribution in [-0.4, -0.2) is 37.2 Å². The Labute approximate surface area is 396 Å². The molecule has 6 heteroatoms. The molecule has 0 rings (SSSR count). The van der Waals surface area contributed by atoms with Gasteiger partial charge in [0.15, 0.2) is 6.10 Å². The van der Waals surface area contributed by atoms with Gasteiger partial charge in [0.1, 0.15) is 13.2 Å². The number of hydrogen-bond donors (Lipinski definition) is 0. The molecule has 0 bridgehead atoms. The number of unbranched alkanes of at least 4 members (excludes halogenated alkanes) is 30. The lowest BCUT2D eigenvalue weighted by atomic mass is 10.1. The van der Waals surface area contributed by atoms with E-state index in [2.05, 4.69) is 81.5 Å². The molecule has 0 aliphatic rings. The molecule has 1 atom stereocenters. The highest BCUT2D eigenvalue weighted by atomic mass is 16.6. The maximum absolute atomic E-state index is 12.8. The minimum absolute atomic E-state index is 0.0855. The van der Waals surface area contributed by atoms with Gasteiger partial charge in [0, 0.05) is 19.3 Å². The molecule has 6 nitrogen and oxygen atoms in total. The van der Waals surface area contributed by atoms with Crippen molar-refractivity contribution < 1.29 is 28.6 Å². The van der Waals surface area contributed by atoms with Gasteiger partial charge in [0.05, 0.1) is 0 Å². The zero-order chi connectivity index (χ0) is 46.5. The summed E-state index contributed by atoms with van der Waals surface area (Å²) in [5.74, 6) is -0.911. The second kappa shape index (κ2) is 52.7. The summed E-state index contributed by atoms with van der Waals surface area (Å²) in [5.41, 5.74) is 0. The van der Waals surface area contributed by atoms with Crippen molar-refractivity contribution in [2.24, 2.45) is 0 Å². The molecular weight excluding hydrogens is 793 g/mol.